The molecule has 0 saturated carbocycles. The number of β-amino-alcohol motifs (C(OH)–C–C–N with tert-alkyl or cyclic N) is 1. The van der Waals surface area contributed by atoms with Crippen molar-refractivity contribution in [3.05, 3.63) is 48.3 Å². The molecule has 0 radical (unpaired) electrons. The predicted octanol–water partition coefficient (Wildman–Crippen LogP) is 2.08. The van der Waals surface area contributed by atoms with Gasteiger partial charge in [-0.05, 0) is 24.1 Å². The summed E-state index contributed by atoms with van der Waals surface area (Å²) in [5.41, 5.74) is 0.921. The lowest BCUT2D eigenvalue weighted by Gasteiger charge is -2.36. The highest BCUT2D eigenvalue weighted by molar-refractivity contribution is 5.77. The second-order valence-electron chi connectivity index (χ2n) is 4.85. The summed E-state index contributed by atoms with van der Waals surface area (Å²) in [6.45, 7) is 4.48. The predicted molar refractivity (Wildman–Crippen MR) is 71.2 cm³/mol. The molecule has 1 fully saturated rings. The Hall–Kier alpha value is -1.68. The van der Waals surface area contributed by atoms with Crippen LogP contribution in [0.3, 0.4) is 0 Å². The zero-order valence-electron chi connectivity index (χ0n) is 10.8. The molecule has 1 saturated heterocycles. The van der Waals surface area contributed by atoms with Crippen LogP contribution in [0.1, 0.15) is 24.3 Å². The molecule has 1 aromatic carbocycles. The molecule has 19 heavy (non-hydrogen) atoms. The fraction of sp³-hybridized carbons (Fsp3) is 0.400. The van der Waals surface area contributed by atoms with Crippen LogP contribution in [0.5, 0.6) is 0 Å². The van der Waals surface area contributed by atoms with Gasteiger partial charge in [0.2, 0.25) is 5.91 Å². The van der Waals surface area contributed by atoms with E-state index in [1.165, 1.54) is 12.1 Å². The van der Waals surface area contributed by atoms with Crippen LogP contribution >= 0.6 is 0 Å². The molecule has 1 aliphatic rings. The summed E-state index contributed by atoms with van der Waals surface area (Å²) in [5.74, 6) is -0.322. The van der Waals surface area contributed by atoms with Gasteiger partial charge in [-0.15, -0.1) is 6.58 Å². The van der Waals surface area contributed by atoms with E-state index >= 15 is 0 Å². The first-order chi connectivity index (χ1) is 9.11. The molecule has 1 aromatic rings. The molecule has 0 aromatic heterocycles. The molecular formula is C15H18FNO2. The lowest BCUT2D eigenvalue weighted by Crippen LogP contribution is -2.45. The van der Waals surface area contributed by atoms with Crippen molar-refractivity contribution in [3.63, 3.8) is 0 Å². The van der Waals surface area contributed by atoms with Gasteiger partial charge in [0.25, 0.3) is 0 Å². The molecule has 1 aliphatic heterocycles. The fourth-order valence-corrected chi connectivity index (χ4v) is 2.51. The number of carbonyl (C=O) groups excluding carboxylic acids is 1. The van der Waals surface area contributed by atoms with Gasteiger partial charge >= 0.3 is 0 Å². The van der Waals surface area contributed by atoms with Crippen molar-refractivity contribution in [1.82, 2.24) is 4.90 Å². The number of hydrogen-bond donors (Lipinski definition) is 1. The van der Waals surface area contributed by atoms with Gasteiger partial charge in [-0.3, -0.25) is 4.79 Å². The molecule has 0 spiro atoms. The molecule has 0 bridgehead atoms. The Balaban J connectivity index is 2.02. The number of hydrogen-bond acceptors (Lipinski definition) is 2. The third kappa shape index (κ3) is 3.20. The smallest absolute Gasteiger partial charge is 0.226 e. The maximum absolute atomic E-state index is 12.9. The summed E-state index contributed by atoms with van der Waals surface area (Å²) in [6, 6.07) is 6.20. The summed E-state index contributed by atoms with van der Waals surface area (Å²) < 4.78 is 12.9. The summed E-state index contributed by atoms with van der Waals surface area (Å²) >= 11 is 0. The van der Waals surface area contributed by atoms with Gasteiger partial charge in [0, 0.05) is 25.4 Å². The molecule has 1 N–H and O–H groups in total. The molecule has 1 amide bonds. The largest absolute Gasteiger partial charge is 0.391 e. The van der Waals surface area contributed by atoms with Crippen LogP contribution in [0, 0.1) is 5.82 Å². The van der Waals surface area contributed by atoms with Gasteiger partial charge in [-0.25, -0.2) is 4.39 Å². The number of benzene rings is 1. The van der Waals surface area contributed by atoms with E-state index in [-0.39, 0.29) is 17.6 Å². The Kier molecular flexibility index (Phi) is 4.32. The third-order valence-corrected chi connectivity index (χ3v) is 3.55. The quantitative estimate of drug-likeness (QED) is 0.848. The van der Waals surface area contributed by atoms with Gasteiger partial charge in [-0.1, -0.05) is 18.2 Å². The first-order valence-corrected chi connectivity index (χ1v) is 6.44. The standard InChI is InChI=1S/C15H18FNO2/c1-2-3-15(19)17-9-8-13(14(18)10-17)11-4-6-12(16)7-5-11/h2,4-7,13-14,18H,1,3,8-10H2/t13-,14+/m1/s1. The SMILES string of the molecule is C=CCC(=O)N1CC[C@H](c2ccc(F)cc2)[C@@H](O)C1. The second-order valence-corrected chi connectivity index (χ2v) is 4.85. The monoisotopic (exact) mass is 263 g/mol. The molecule has 3 nitrogen and oxygen atoms in total. The molecule has 102 valence electrons. The van der Waals surface area contributed by atoms with Crippen LogP contribution in [0.15, 0.2) is 36.9 Å². The van der Waals surface area contributed by atoms with Gasteiger partial charge in [0.1, 0.15) is 5.82 Å². The summed E-state index contributed by atoms with van der Waals surface area (Å²) in [6.07, 6.45) is 1.96. The maximum Gasteiger partial charge on any atom is 0.226 e. The Bertz CT molecular complexity index is 458. The Morgan fingerprint density at radius 1 is 1.47 bits per heavy atom. The minimum absolute atomic E-state index is 0.00777. The lowest BCUT2D eigenvalue weighted by molar-refractivity contribution is -0.133. The molecule has 2 atom stereocenters. The van der Waals surface area contributed by atoms with E-state index in [4.69, 9.17) is 0 Å². The minimum Gasteiger partial charge on any atom is -0.391 e. The number of halogens is 1. The number of carbonyl (C=O) groups is 1. The van der Waals surface area contributed by atoms with Crippen molar-refractivity contribution in [3.8, 4) is 0 Å². The highest BCUT2D eigenvalue weighted by Gasteiger charge is 2.30. The van der Waals surface area contributed by atoms with Crippen LogP contribution in [-0.4, -0.2) is 35.1 Å². The van der Waals surface area contributed by atoms with Crippen molar-refractivity contribution in [2.24, 2.45) is 0 Å². The first kappa shape index (κ1) is 13.7. The fourth-order valence-electron chi connectivity index (χ4n) is 2.51. The Morgan fingerprint density at radius 2 is 2.16 bits per heavy atom. The van der Waals surface area contributed by atoms with E-state index < -0.39 is 6.10 Å². The van der Waals surface area contributed by atoms with Crippen LogP contribution in [0.25, 0.3) is 0 Å². The van der Waals surface area contributed by atoms with Crippen molar-refractivity contribution in [1.29, 1.82) is 0 Å². The zero-order valence-corrected chi connectivity index (χ0v) is 10.8. The summed E-state index contributed by atoms with van der Waals surface area (Å²) in [4.78, 5) is 13.4. The van der Waals surface area contributed by atoms with E-state index in [1.54, 1.807) is 23.1 Å². The number of aliphatic hydroxyl groups is 1. The third-order valence-electron chi connectivity index (χ3n) is 3.55. The highest BCUT2D eigenvalue weighted by Crippen LogP contribution is 2.28. The number of nitrogens with zero attached hydrogens (tertiary/aromatic N) is 1. The van der Waals surface area contributed by atoms with Crippen LogP contribution in [0.4, 0.5) is 4.39 Å². The van der Waals surface area contributed by atoms with E-state index in [9.17, 15) is 14.3 Å². The maximum atomic E-state index is 12.9. The summed E-state index contributed by atoms with van der Waals surface area (Å²) in [7, 11) is 0. The second kappa shape index (κ2) is 5.97. The highest BCUT2D eigenvalue weighted by atomic mass is 19.1. The Labute approximate surface area is 112 Å². The molecule has 0 aliphatic carbocycles. The van der Waals surface area contributed by atoms with Crippen molar-refractivity contribution < 1.29 is 14.3 Å². The number of aliphatic hydroxyl groups excluding tert-OH is 1. The number of rotatable bonds is 3. The molecular weight excluding hydrogens is 245 g/mol. The van der Waals surface area contributed by atoms with Crippen LogP contribution < -0.4 is 0 Å². The van der Waals surface area contributed by atoms with E-state index in [2.05, 4.69) is 6.58 Å². The van der Waals surface area contributed by atoms with Gasteiger partial charge < -0.3 is 10.0 Å². The van der Waals surface area contributed by atoms with Gasteiger partial charge in [0.05, 0.1) is 6.10 Å². The topological polar surface area (TPSA) is 40.5 Å². The van der Waals surface area contributed by atoms with Gasteiger partial charge in [-0.2, -0.15) is 0 Å². The molecule has 1 heterocycles. The van der Waals surface area contributed by atoms with E-state index in [1.807, 2.05) is 0 Å². The molecule has 2 rings (SSSR count). The van der Waals surface area contributed by atoms with Crippen molar-refractivity contribution >= 4 is 5.91 Å². The number of amides is 1. The number of piperidine rings is 1. The zero-order chi connectivity index (χ0) is 13.8. The Morgan fingerprint density at radius 3 is 2.74 bits per heavy atom. The summed E-state index contributed by atoms with van der Waals surface area (Å²) in [5, 5.41) is 10.2. The number of likely N-dealkylation sites (tertiary alicyclic amines) is 1. The lowest BCUT2D eigenvalue weighted by atomic mass is 9.87. The molecule has 4 heteroatoms. The van der Waals surface area contributed by atoms with Crippen LogP contribution in [0.2, 0.25) is 0 Å². The first-order valence-electron chi connectivity index (χ1n) is 6.44. The average molecular weight is 263 g/mol. The van der Waals surface area contributed by atoms with Crippen molar-refractivity contribution in [2.45, 2.75) is 24.9 Å². The average Bonchev–Trinajstić information content (AvgIpc) is 2.40. The van der Waals surface area contributed by atoms with Gasteiger partial charge in [0.15, 0.2) is 0 Å². The minimum atomic E-state index is -0.604. The molecule has 0 unspecified atom stereocenters. The van der Waals surface area contributed by atoms with E-state index in [0.717, 1.165) is 5.56 Å². The normalized spacial score (nSPS) is 23.2. The van der Waals surface area contributed by atoms with Crippen molar-refractivity contribution in [2.75, 3.05) is 13.1 Å². The van der Waals surface area contributed by atoms with E-state index in [0.29, 0.717) is 25.9 Å². The van der Waals surface area contributed by atoms with Crippen LogP contribution in [-0.2, 0) is 4.79 Å².